The van der Waals surface area contributed by atoms with E-state index in [1.54, 1.807) is 4.68 Å². The molecule has 0 fully saturated rings. The maximum Gasteiger partial charge on any atom is 0.249 e. The molecule has 2 aromatic rings. The van der Waals surface area contributed by atoms with Gasteiger partial charge in [0.25, 0.3) is 0 Å². The number of nitrogens with zero attached hydrogens (tertiary/aromatic N) is 3. The first-order valence-electron chi connectivity index (χ1n) is 9.84. The number of rotatable bonds is 8. The monoisotopic (exact) mass is 400 g/mol. The Labute approximate surface area is 173 Å². The molecule has 1 aromatic heterocycles. The fourth-order valence-corrected chi connectivity index (χ4v) is 2.87. The maximum atomic E-state index is 12.8. The summed E-state index contributed by atoms with van der Waals surface area (Å²) in [5.74, 6) is 0.344. The summed E-state index contributed by atoms with van der Waals surface area (Å²) in [5.41, 5.74) is 1.55. The molecule has 0 aliphatic rings. The van der Waals surface area contributed by atoms with Gasteiger partial charge in [0.05, 0.1) is 17.9 Å². The lowest BCUT2D eigenvalue weighted by atomic mass is 9.92. The third-order valence-electron chi connectivity index (χ3n) is 4.29. The molecule has 2 rings (SSSR count). The molecule has 0 radical (unpaired) electrons. The molecule has 0 bridgehead atoms. The van der Waals surface area contributed by atoms with E-state index in [4.69, 9.17) is 9.84 Å². The van der Waals surface area contributed by atoms with Crippen LogP contribution in [0.2, 0.25) is 0 Å². The molecular formula is C22H32N4O3. The van der Waals surface area contributed by atoms with Crippen LogP contribution >= 0.6 is 0 Å². The Morgan fingerprint density at radius 1 is 1.21 bits per heavy atom. The Balaban J connectivity index is 2.26. The number of benzene rings is 1. The number of anilines is 1. The number of methoxy groups -OCH3 is 1. The van der Waals surface area contributed by atoms with Crippen LogP contribution in [0.15, 0.2) is 36.4 Å². The molecule has 0 unspecified atom stereocenters. The topological polar surface area (TPSA) is 76.5 Å². The van der Waals surface area contributed by atoms with E-state index in [-0.39, 0.29) is 36.3 Å². The summed E-state index contributed by atoms with van der Waals surface area (Å²) in [7, 11) is 1.47. The van der Waals surface area contributed by atoms with Crippen molar-refractivity contribution >= 4 is 17.6 Å². The molecular weight excluding hydrogens is 368 g/mol. The van der Waals surface area contributed by atoms with Crippen molar-refractivity contribution in [1.82, 2.24) is 14.7 Å². The van der Waals surface area contributed by atoms with E-state index in [2.05, 4.69) is 26.1 Å². The van der Waals surface area contributed by atoms with Gasteiger partial charge in [0.2, 0.25) is 11.8 Å². The van der Waals surface area contributed by atoms with E-state index < -0.39 is 0 Å². The van der Waals surface area contributed by atoms with Crippen molar-refractivity contribution in [3.05, 3.63) is 42.1 Å². The molecule has 7 nitrogen and oxygen atoms in total. The second-order valence-corrected chi connectivity index (χ2v) is 8.56. The van der Waals surface area contributed by atoms with Crippen molar-refractivity contribution in [2.24, 2.45) is 5.92 Å². The molecule has 1 heterocycles. The summed E-state index contributed by atoms with van der Waals surface area (Å²) >= 11 is 0. The summed E-state index contributed by atoms with van der Waals surface area (Å²) in [5, 5.41) is 7.63. The highest BCUT2D eigenvalue weighted by atomic mass is 16.5. The highest BCUT2D eigenvalue weighted by molar-refractivity contribution is 5.94. The number of carbonyl (C=O) groups excluding carboxylic acids is 2. The average molecular weight is 401 g/mol. The molecule has 0 aliphatic carbocycles. The van der Waals surface area contributed by atoms with Gasteiger partial charge in [0.1, 0.15) is 12.4 Å². The van der Waals surface area contributed by atoms with E-state index in [1.165, 1.54) is 12.0 Å². The van der Waals surface area contributed by atoms with Crippen LogP contribution in [0.25, 0.3) is 5.69 Å². The lowest BCUT2D eigenvalue weighted by molar-refractivity contribution is -0.138. The SMILES string of the molecule is COCC(=O)N(CC(=O)Nc1cc(C(C)(C)C)nn1-c1ccccc1)CC(C)C. The Morgan fingerprint density at radius 2 is 1.86 bits per heavy atom. The molecule has 1 aromatic carbocycles. The Hall–Kier alpha value is -2.67. The number of para-hydroxylation sites is 1. The van der Waals surface area contributed by atoms with Crippen molar-refractivity contribution in [3.8, 4) is 5.69 Å². The third-order valence-corrected chi connectivity index (χ3v) is 4.29. The molecule has 0 spiro atoms. The summed E-state index contributed by atoms with van der Waals surface area (Å²) in [6.07, 6.45) is 0. The zero-order chi connectivity index (χ0) is 21.6. The lowest BCUT2D eigenvalue weighted by Gasteiger charge is -2.23. The minimum absolute atomic E-state index is 0.0365. The minimum atomic E-state index is -0.271. The molecule has 0 aliphatic heterocycles. The number of aromatic nitrogens is 2. The van der Waals surface area contributed by atoms with Gasteiger partial charge in [-0.05, 0) is 18.1 Å². The number of nitrogens with one attached hydrogen (secondary N) is 1. The Kier molecular flexibility index (Phi) is 7.56. The van der Waals surface area contributed by atoms with Crippen LogP contribution in [0, 0.1) is 5.92 Å². The first-order valence-corrected chi connectivity index (χ1v) is 9.84. The van der Waals surface area contributed by atoms with Gasteiger partial charge in [-0.1, -0.05) is 52.8 Å². The van der Waals surface area contributed by atoms with E-state index >= 15 is 0 Å². The summed E-state index contributed by atoms with van der Waals surface area (Å²) in [4.78, 5) is 26.6. The molecule has 158 valence electrons. The van der Waals surface area contributed by atoms with Crippen LogP contribution in [0.1, 0.15) is 40.3 Å². The van der Waals surface area contributed by atoms with Crippen LogP contribution in [0.4, 0.5) is 5.82 Å². The van der Waals surface area contributed by atoms with Crippen LogP contribution < -0.4 is 5.32 Å². The van der Waals surface area contributed by atoms with Crippen molar-refractivity contribution in [2.45, 2.75) is 40.0 Å². The first kappa shape index (κ1) is 22.6. The average Bonchev–Trinajstić information content (AvgIpc) is 3.05. The summed E-state index contributed by atoms with van der Waals surface area (Å²) < 4.78 is 6.67. The lowest BCUT2D eigenvalue weighted by Crippen LogP contribution is -2.42. The van der Waals surface area contributed by atoms with Crippen LogP contribution in [-0.4, -0.2) is 53.3 Å². The van der Waals surface area contributed by atoms with Gasteiger partial charge in [-0.15, -0.1) is 0 Å². The molecule has 2 amide bonds. The van der Waals surface area contributed by atoms with Gasteiger partial charge in [-0.3, -0.25) is 9.59 Å². The van der Waals surface area contributed by atoms with Crippen molar-refractivity contribution in [3.63, 3.8) is 0 Å². The summed E-state index contributed by atoms with van der Waals surface area (Å²) in [6.45, 7) is 10.6. The van der Waals surface area contributed by atoms with E-state index in [0.29, 0.717) is 12.4 Å². The van der Waals surface area contributed by atoms with Crippen molar-refractivity contribution < 1.29 is 14.3 Å². The van der Waals surface area contributed by atoms with Gasteiger partial charge in [-0.25, -0.2) is 4.68 Å². The number of hydrogen-bond donors (Lipinski definition) is 1. The fraction of sp³-hybridized carbons (Fsp3) is 0.500. The highest BCUT2D eigenvalue weighted by Gasteiger charge is 2.23. The normalized spacial score (nSPS) is 11.6. The Bertz CT molecular complexity index is 822. The molecule has 7 heteroatoms. The molecule has 29 heavy (non-hydrogen) atoms. The fourth-order valence-electron chi connectivity index (χ4n) is 2.87. The second kappa shape index (κ2) is 9.69. The minimum Gasteiger partial charge on any atom is -0.375 e. The van der Waals surface area contributed by atoms with Gasteiger partial charge >= 0.3 is 0 Å². The maximum absolute atomic E-state index is 12.8. The zero-order valence-electron chi connectivity index (χ0n) is 18.2. The number of hydrogen-bond acceptors (Lipinski definition) is 4. The zero-order valence-corrected chi connectivity index (χ0v) is 18.2. The molecule has 1 N–H and O–H groups in total. The largest absolute Gasteiger partial charge is 0.375 e. The quantitative estimate of drug-likeness (QED) is 0.738. The smallest absolute Gasteiger partial charge is 0.249 e. The Morgan fingerprint density at radius 3 is 2.41 bits per heavy atom. The number of ether oxygens (including phenoxy) is 1. The van der Waals surface area contributed by atoms with E-state index in [9.17, 15) is 9.59 Å². The highest BCUT2D eigenvalue weighted by Crippen LogP contribution is 2.26. The standard InChI is InChI=1S/C22H32N4O3/c1-16(2)13-25(21(28)15-29-6)14-20(27)23-19-12-18(22(3,4)5)24-26(19)17-10-8-7-9-11-17/h7-12,16H,13-15H2,1-6H3,(H,23,27). The van der Waals surface area contributed by atoms with E-state index in [0.717, 1.165) is 11.4 Å². The number of carbonyl (C=O) groups is 2. The van der Waals surface area contributed by atoms with Crippen LogP contribution in [0.3, 0.4) is 0 Å². The van der Waals surface area contributed by atoms with Gasteiger partial charge in [0, 0.05) is 25.1 Å². The van der Waals surface area contributed by atoms with Crippen LogP contribution in [-0.2, 0) is 19.7 Å². The van der Waals surface area contributed by atoms with E-state index in [1.807, 2.05) is 50.2 Å². The van der Waals surface area contributed by atoms with Gasteiger partial charge < -0.3 is 15.0 Å². The van der Waals surface area contributed by atoms with Gasteiger partial charge in [-0.2, -0.15) is 5.10 Å². The predicted octanol–water partition coefficient (Wildman–Crippen LogP) is 3.24. The van der Waals surface area contributed by atoms with Gasteiger partial charge in [0.15, 0.2) is 0 Å². The number of amides is 2. The summed E-state index contributed by atoms with van der Waals surface area (Å²) in [6, 6.07) is 11.5. The van der Waals surface area contributed by atoms with Crippen molar-refractivity contribution in [2.75, 3.05) is 32.1 Å². The molecule has 0 atom stereocenters. The first-order chi connectivity index (χ1) is 13.6. The third kappa shape index (κ3) is 6.42. The second-order valence-electron chi connectivity index (χ2n) is 8.56. The predicted molar refractivity (Wildman–Crippen MR) is 114 cm³/mol. The van der Waals surface area contributed by atoms with Crippen LogP contribution in [0.5, 0.6) is 0 Å². The molecule has 0 saturated carbocycles. The molecule has 0 saturated heterocycles. The van der Waals surface area contributed by atoms with Crippen molar-refractivity contribution in [1.29, 1.82) is 0 Å².